The van der Waals surface area contributed by atoms with E-state index in [0.29, 0.717) is 17.4 Å². The zero-order valence-corrected chi connectivity index (χ0v) is 10.9. The van der Waals surface area contributed by atoms with E-state index in [1.165, 1.54) is 11.3 Å². The van der Waals surface area contributed by atoms with E-state index in [2.05, 4.69) is 10.1 Å². The molecule has 3 aromatic rings. The Bertz CT molecular complexity index is 716. The van der Waals surface area contributed by atoms with Gasteiger partial charge in [-0.3, -0.25) is 0 Å². The SMILES string of the molecule is Cc1csc(-c2nc(-c3ccc(O)cc3)no2)c1N. The van der Waals surface area contributed by atoms with Crippen molar-refractivity contribution in [2.24, 2.45) is 0 Å². The van der Waals surface area contributed by atoms with Crippen LogP contribution in [0.5, 0.6) is 5.75 Å². The van der Waals surface area contributed by atoms with Crippen molar-refractivity contribution in [2.45, 2.75) is 6.92 Å². The lowest BCUT2D eigenvalue weighted by atomic mass is 10.2. The van der Waals surface area contributed by atoms with Gasteiger partial charge in [0.05, 0.1) is 5.69 Å². The number of rotatable bonds is 2. The van der Waals surface area contributed by atoms with Gasteiger partial charge in [-0.05, 0) is 42.1 Å². The summed E-state index contributed by atoms with van der Waals surface area (Å²) in [4.78, 5) is 5.11. The maximum atomic E-state index is 9.25. The van der Waals surface area contributed by atoms with Gasteiger partial charge in [-0.2, -0.15) is 4.98 Å². The molecule has 0 unspecified atom stereocenters. The second kappa shape index (κ2) is 4.40. The molecule has 0 aliphatic rings. The number of benzene rings is 1. The zero-order chi connectivity index (χ0) is 13.4. The number of anilines is 1. The molecule has 96 valence electrons. The second-order valence-electron chi connectivity index (χ2n) is 4.13. The smallest absolute Gasteiger partial charge is 0.270 e. The van der Waals surface area contributed by atoms with Gasteiger partial charge in [0.15, 0.2) is 0 Å². The Kier molecular flexibility index (Phi) is 2.72. The minimum atomic E-state index is 0.200. The number of hydrogen-bond donors (Lipinski definition) is 2. The third kappa shape index (κ3) is 2.06. The first-order valence-electron chi connectivity index (χ1n) is 5.62. The number of aromatic hydroxyl groups is 1. The quantitative estimate of drug-likeness (QED) is 0.749. The van der Waals surface area contributed by atoms with Crippen LogP contribution in [0.4, 0.5) is 5.69 Å². The highest BCUT2D eigenvalue weighted by Crippen LogP contribution is 2.34. The molecule has 1 aromatic carbocycles. The topological polar surface area (TPSA) is 85.2 Å². The van der Waals surface area contributed by atoms with Gasteiger partial charge in [-0.25, -0.2) is 0 Å². The first-order valence-corrected chi connectivity index (χ1v) is 6.50. The van der Waals surface area contributed by atoms with Gasteiger partial charge in [0, 0.05) is 5.56 Å². The molecule has 2 heterocycles. The fraction of sp³-hybridized carbons (Fsp3) is 0.0769. The Morgan fingerprint density at radius 1 is 1.26 bits per heavy atom. The molecule has 0 bridgehead atoms. The van der Waals surface area contributed by atoms with Gasteiger partial charge in [-0.15, -0.1) is 11.3 Å². The van der Waals surface area contributed by atoms with Crippen molar-refractivity contribution < 1.29 is 9.63 Å². The van der Waals surface area contributed by atoms with Crippen molar-refractivity contribution >= 4 is 17.0 Å². The first-order chi connectivity index (χ1) is 9.15. The summed E-state index contributed by atoms with van der Waals surface area (Å²) in [7, 11) is 0. The molecule has 0 saturated heterocycles. The molecule has 0 amide bonds. The summed E-state index contributed by atoms with van der Waals surface area (Å²) in [6, 6.07) is 6.62. The van der Waals surface area contributed by atoms with Gasteiger partial charge < -0.3 is 15.4 Å². The Morgan fingerprint density at radius 2 is 2.00 bits per heavy atom. The number of hydrogen-bond acceptors (Lipinski definition) is 6. The molecule has 3 N–H and O–H groups in total. The summed E-state index contributed by atoms with van der Waals surface area (Å²) in [6.07, 6.45) is 0. The van der Waals surface area contributed by atoms with Crippen molar-refractivity contribution in [2.75, 3.05) is 5.73 Å². The normalized spacial score (nSPS) is 10.8. The highest BCUT2D eigenvalue weighted by Gasteiger charge is 2.15. The summed E-state index contributed by atoms with van der Waals surface area (Å²) < 4.78 is 5.24. The molecule has 0 spiro atoms. The van der Waals surface area contributed by atoms with Crippen molar-refractivity contribution in [3.8, 4) is 27.9 Å². The predicted molar refractivity (Wildman–Crippen MR) is 73.9 cm³/mol. The van der Waals surface area contributed by atoms with E-state index in [1.54, 1.807) is 24.3 Å². The van der Waals surface area contributed by atoms with E-state index in [-0.39, 0.29) is 5.75 Å². The van der Waals surface area contributed by atoms with Crippen molar-refractivity contribution in [1.82, 2.24) is 10.1 Å². The van der Waals surface area contributed by atoms with Crippen LogP contribution in [0, 0.1) is 6.92 Å². The number of aromatic nitrogens is 2. The van der Waals surface area contributed by atoms with E-state index in [1.807, 2.05) is 12.3 Å². The standard InChI is InChI=1S/C13H11N3O2S/c1-7-6-19-11(10(7)14)13-15-12(16-18-13)8-2-4-9(17)5-3-8/h2-6,17H,14H2,1H3. The maximum absolute atomic E-state index is 9.25. The van der Waals surface area contributed by atoms with Crippen LogP contribution in [-0.2, 0) is 0 Å². The van der Waals surface area contributed by atoms with E-state index in [0.717, 1.165) is 16.0 Å². The van der Waals surface area contributed by atoms with Gasteiger partial charge in [0.2, 0.25) is 5.82 Å². The monoisotopic (exact) mass is 273 g/mol. The number of nitrogen functional groups attached to an aromatic ring is 1. The molecule has 3 rings (SSSR count). The van der Waals surface area contributed by atoms with Crippen LogP contribution in [0.1, 0.15) is 5.56 Å². The number of phenols is 1. The molecule has 0 atom stereocenters. The minimum Gasteiger partial charge on any atom is -0.508 e. The largest absolute Gasteiger partial charge is 0.508 e. The molecule has 19 heavy (non-hydrogen) atoms. The van der Waals surface area contributed by atoms with Crippen molar-refractivity contribution in [1.29, 1.82) is 0 Å². The molecule has 0 fully saturated rings. The van der Waals surface area contributed by atoms with Crippen LogP contribution >= 0.6 is 11.3 Å². The third-order valence-corrected chi connectivity index (χ3v) is 3.87. The van der Waals surface area contributed by atoms with E-state index in [9.17, 15) is 5.11 Å². The molecule has 5 nitrogen and oxygen atoms in total. The number of nitrogens with zero attached hydrogens (tertiary/aromatic N) is 2. The van der Waals surface area contributed by atoms with Crippen LogP contribution in [-0.4, -0.2) is 15.2 Å². The molecular formula is C13H11N3O2S. The zero-order valence-electron chi connectivity index (χ0n) is 10.1. The number of nitrogens with two attached hydrogens (primary N) is 1. The van der Waals surface area contributed by atoms with Crippen LogP contribution in [0.2, 0.25) is 0 Å². The van der Waals surface area contributed by atoms with E-state index in [4.69, 9.17) is 10.3 Å². The van der Waals surface area contributed by atoms with Crippen LogP contribution in [0.3, 0.4) is 0 Å². The average molecular weight is 273 g/mol. The maximum Gasteiger partial charge on any atom is 0.270 e. The summed E-state index contributed by atoms with van der Waals surface area (Å²) in [5.41, 5.74) is 8.41. The lowest BCUT2D eigenvalue weighted by Crippen LogP contribution is -1.87. The van der Waals surface area contributed by atoms with Crippen LogP contribution in [0.25, 0.3) is 22.2 Å². The van der Waals surface area contributed by atoms with Crippen molar-refractivity contribution in [3.63, 3.8) is 0 Å². The third-order valence-electron chi connectivity index (χ3n) is 2.77. The molecule has 0 aliphatic carbocycles. The Morgan fingerprint density at radius 3 is 2.63 bits per heavy atom. The highest BCUT2D eigenvalue weighted by molar-refractivity contribution is 7.14. The van der Waals surface area contributed by atoms with Gasteiger partial charge in [0.1, 0.15) is 10.6 Å². The van der Waals surface area contributed by atoms with Gasteiger partial charge >= 0.3 is 0 Å². The molecule has 0 aliphatic heterocycles. The number of thiophene rings is 1. The first kappa shape index (κ1) is 11.7. The molecule has 2 aromatic heterocycles. The summed E-state index contributed by atoms with van der Waals surface area (Å²) >= 11 is 1.48. The van der Waals surface area contributed by atoms with Crippen LogP contribution < -0.4 is 5.73 Å². The molecule has 6 heteroatoms. The molecule has 0 saturated carbocycles. The fourth-order valence-corrected chi connectivity index (χ4v) is 2.56. The molecular weight excluding hydrogens is 262 g/mol. The minimum absolute atomic E-state index is 0.200. The summed E-state index contributed by atoms with van der Waals surface area (Å²) in [5.74, 6) is 1.09. The van der Waals surface area contributed by atoms with Gasteiger partial charge in [-0.1, -0.05) is 5.16 Å². The lowest BCUT2D eigenvalue weighted by Gasteiger charge is -1.94. The van der Waals surface area contributed by atoms with Gasteiger partial charge in [0.25, 0.3) is 5.89 Å². The summed E-state index contributed by atoms with van der Waals surface area (Å²) in [5, 5.41) is 15.1. The summed E-state index contributed by atoms with van der Waals surface area (Å²) in [6.45, 7) is 1.94. The Balaban J connectivity index is 2.00. The Hall–Kier alpha value is -2.34. The van der Waals surface area contributed by atoms with E-state index < -0.39 is 0 Å². The number of aryl methyl sites for hydroxylation is 1. The molecule has 0 radical (unpaired) electrons. The lowest BCUT2D eigenvalue weighted by molar-refractivity contribution is 0.433. The fourth-order valence-electron chi connectivity index (χ4n) is 1.66. The second-order valence-corrected chi connectivity index (χ2v) is 5.01. The van der Waals surface area contributed by atoms with E-state index >= 15 is 0 Å². The predicted octanol–water partition coefficient (Wildman–Crippen LogP) is 3.06. The highest BCUT2D eigenvalue weighted by atomic mass is 32.1. The number of phenolic OH excluding ortho intramolecular Hbond substituents is 1. The van der Waals surface area contributed by atoms with Crippen LogP contribution in [0.15, 0.2) is 34.2 Å². The Labute approximate surface area is 113 Å². The van der Waals surface area contributed by atoms with Crippen molar-refractivity contribution in [3.05, 3.63) is 35.2 Å². The average Bonchev–Trinajstić information content (AvgIpc) is 2.99.